The molecule has 0 fully saturated rings. The van der Waals surface area contributed by atoms with Gasteiger partial charge in [0.2, 0.25) is 5.91 Å². The summed E-state index contributed by atoms with van der Waals surface area (Å²) in [6.45, 7) is 9.43. The molecule has 1 atom stereocenters. The third kappa shape index (κ3) is 6.31. The molecule has 1 amide bonds. The first-order valence-corrected chi connectivity index (χ1v) is 13.6. The second kappa shape index (κ2) is 11.2. The molecule has 1 aromatic heterocycles. The predicted molar refractivity (Wildman–Crippen MR) is 150 cm³/mol. The number of carbonyl (C=O) groups excluding carboxylic acids is 1. The monoisotopic (exact) mass is 555 g/mol. The van der Waals surface area contributed by atoms with Crippen LogP contribution in [0.1, 0.15) is 80.9 Å². The highest BCUT2D eigenvalue weighted by molar-refractivity contribution is 5.86. The molecular formula is C32H37F4N3O. The van der Waals surface area contributed by atoms with Gasteiger partial charge in [0.25, 0.3) is 0 Å². The SMILES string of the molecule is CNC(=O)[C@H](c1ccc(F)cc1)N(CCCc1ccc(C(F)(F)F)nc1)c1ccc2c(c1)C(C)(C)CCC2(C)C. The van der Waals surface area contributed by atoms with Crippen LogP contribution in [-0.2, 0) is 28.2 Å². The number of carbonyl (C=O) groups is 1. The van der Waals surface area contributed by atoms with Gasteiger partial charge < -0.3 is 10.2 Å². The summed E-state index contributed by atoms with van der Waals surface area (Å²) in [5, 5.41) is 2.76. The largest absolute Gasteiger partial charge is 0.433 e. The summed E-state index contributed by atoms with van der Waals surface area (Å²) < 4.78 is 52.6. The summed E-state index contributed by atoms with van der Waals surface area (Å²) in [4.78, 5) is 18.9. The zero-order chi connectivity index (χ0) is 29.3. The van der Waals surface area contributed by atoms with Crippen LogP contribution in [0.5, 0.6) is 0 Å². The Morgan fingerprint density at radius 1 is 0.975 bits per heavy atom. The number of alkyl halides is 3. The molecule has 0 radical (unpaired) electrons. The Bertz CT molecular complexity index is 1330. The van der Waals surface area contributed by atoms with E-state index in [2.05, 4.69) is 50.1 Å². The number of pyridine rings is 1. The maximum absolute atomic E-state index is 13.8. The lowest BCUT2D eigenvalue weighted by atomic mass is 9.63. The first-order valence-electron chi connectivity index (χ1n) is 13.6. The summed E-state index contributed by atoms with van der Waals surface area (Å²) in [7, 11) is 1.57. The van der Waals surface area contributed by atoms with E-state index in [1.165, 1.54) is 35.5 Å². The fraction of sp³-hybridized carbons (Fsp3) is 0.438. The lowest BCUT2D eigenvalue weighted by molar-refractivity contribution is -0.141. The van der Waals surface area contributed by atoms with Gasteiger partial charge in [-0.15, -0.1) is 0 Å². The van der Waals surface area contributed by atoms with Gasteiger partial charge in [0.05, 0.1) is 0 Å². The lowest BCUT2D eigenvalue weighted by Crippen LogP contribution is -2.41. The van der Waals surface area contributed by atoms with E-state index in [1.54, 1.807) is 19.2 Å². The molecule has 0 spiro atoms. The number of halogens is 4. The summed E-state index contributed by atoms with van der Waals surface area (Å²) in [5.41, 5.74) is 3.79. The zero-order valence-corrected chi connectivity index (χ0v) is 23.7. The van der Waals surface area contributed by atoms with Crippen molar-refractivity contribution in [1.82, 2.24) is 10.3 Å². The molecule has 0 unspecified atom stereocenters. The lowest BCUT2D eigenvalue weighted by Gasteiger charge is -2.43. The number of rotatable bonds is 8. The van der Waals surface area contributed by atoms with Crippen molar-refractivity contribution in [3.05, 3.63) is 94.6 Å². The predicted octanol–water partition coefficient (Wildman–Crippen LogP) is 7.52. The van der Waals surface area contributed by atoms with Crippen molar-refractivity contribution in [3.63, 3.8) is 0 Å². The van der Waals surface area contributed by atoms with Gasteiger partial charge in [-0.25, -0.2) is 4.39 Å². The molecule has 1 aliphatic carbocycles. The summed E-state index contributed by atoms with van der Waals surface area (Å²) in [6.07, 6.45) is -0.0720. The quantitative estimate of drug-likeness (QED) is 0.293. The van der Waals surface area contributed by atoms with Crippen LogP contribution in [0.4, 0.5) is 23.2 Å². The highest BCUT2D eigenvalue weighted by Crippen LogP contribution is 2.47. The second-order valence-corrected chi connectivity index (χ2v) is 11.9. The molecule has 40 heavy (non-hydrogen) atoms. The third-order valence-corrected chi connectivity index (χ3v) is 8.14. The Morgan fingerprint density at radius 2 is 1.62 bits per heavy atom. The fourth-order valence-corrected chi connectivity index (χ4v) is 5.61. The van der Waals surface area contributed by atoms with Crippen molar-refractivity contribution in [2.45, 2.75) is 76.4 Å². The van der Waals surface area contributed by atoms with E-state index in [0.717, 1.165) is 24.6 Å². The summed E-state index contributed by atoms with van der Waals surface area (Å²) in [5.74, 6) is -0.626. The molecule has 1 heterocycles. The van der Waals surface area contributed by atoms with E-state index < -0.39 is 23.7 Å². The highest BCUT2D eigenvalue weighted by atomic mass is 19.4. The van der Waals surface area contributed by atoms with Crippen molar-refractivity contribution in [1.29, 1.82) is 0 Å². The number of hydrogen-bond acceptors (Lipinski definition) is 3. The number of benzene rings is 2. The van der Waals surface area contributed by atoms with Crippen LogP contribution >= 0.6 is 0 Å². The maximum Gasteiger partial charge on any atom is 0.433 e. The molecule has 0 saturated carbocycles. The van der Waals surface area contributed by atoms with Gasteiger partial charge in [0, 0.05) is 25.5 Å². The number of anilines is 1. The molecular weight excluding hydrogens is 518 g/mol. The van der Waals surface area contributed by atoms with E-state index in [4.69, 9.17) is 0 Å². The Kier molecular flexibility index (Phi) is 8.29. The van der Waals surface area contributed by atoms with Crippen molar-refractivity contribution in [2.75, 3.05) is 18.5 Å². The minimum absolute atomic E-state index is 0.0287. The summed E-state index contributed by atoms with van der Waals surface area (Å²) in [6, 6.07) is 14.0. The average molecular weight is 556 g/mol. The third-order valence-electron chi connectivity index (χ3n) is 8.14. The summed E-state index contributed by atoms with van der Waals surface area (Å²) >= 11 is 0. The van der Waals surface area contributed by atoms with Crippen LogP contribution in [0.2, 0.25) is 0 Å². The van der Waals surface area contributed by atoms with Crippen LogP contribution in [0.3, 0.4) is 0 Å². The number of aromatic nitrogens is 1. The Balaban J connectivity index is 1.71. The molecule has 0 bridgehead atoms. The minimum Gasteiger partial charge on any atom is -0.357 e. The topological polar surface area (TPSA) is 45.2 Å². The second-order valence-electron chi connectivity index (χ2n) is 11.9. The fourth-order valence-electron chi connectivity index (χ4n) is 5.61. The highest BCUT2D eigenvalue weighted by Gasteiger charge is 2.38. The van der Waals surface area contributed by atoms with E-state index >= 15 is 0 Å². The molecule has 1 aliphatic rings. The normalized spacial score (nSPS) is 16.6. The van der Waals surface area contributed by atoms with Crippen molar-refractivity contribution in [3.8, 4) is 0 Å². The molecule has 0 aliphatic heterocycles. The number of nitrogens with zero attached hydrogens (tertiary/aromatic N) is 2. The average Bonchev–Trinajstić information content (AvgIpc) is 2.91. The van der Waals surface area contributed by atoms with Crippen LogP contribution in [-0.4, -0.2) is 24.5 Å². The van der Waals surface area contributed by atoms with Gasteiger partial charge in [0.15, 0.2) is 0 Å². The molecule has 4 rings (SSSR count). The minimum atomic E-state index is -4.49. The molecule has 4 nitrogen and oxygen atoms in total. The molecule has 0 saturated heterocycles. The Hall–Kier alpha value is -3.42. The maximum atomic E-state index is 13.8. The van der Waals surface area contributed by atoms with Crippen LogP contribution in [0.25, 0.3) is 0 Å². The van der Waals surface area contributed by atoms with E-state index in [9.17, 15) is 22.4 Å². The Morgan fingerprint density at radius 3 is 2.20 bits per heavy atom. The van der Waals surface area contributed by atoms with Crippen LogP contribution < -0.4 is 10.2 Å². The van der Waals surface area contributed by atoms with Crippen molar-refractivity contribution in [2.24, 2.45) is 0 Å². The molecule has 8 heteroatoms. The van der Waals surface area contributed by atoms with Gasteiger partial charge in [-0.2, -0.15) is 13.2 Å². The van der Waals surface area contributed by atoms with Crippen molar-refractivity contribution < 1.29 is 22.4 Å². The van der Waals surface area contributed by atoms with Crippen LogP contribution in [0, 0.1) is 5.82 Å². The molecule has 214 valence electrons. The van der Waals surface area contributed by atoms with Gasteiger partial charge >= 0.3 is 6.18 Å². The first kappa shape index (κ1) is 29.6. The van der Waals surface area contributed by atoms with E-state index in [1.807, 2.05) is 11.0 Å². The van der Waals surface area contributed by atoms with Gasteiger partial charge in [-0.1, -0.05) is 52.0 Å². The Labute approximate surface area is 233 Å². The van der Waals surface area contributed by atoms with Gasteiger partial charge in [0.1, 0.15) is 17.6 Å². The number of fused-ring (bicyclic) bond motifs is 1. The number of aryl methyl sites for hydroxylation is 1. The van der Waals surface area contributed by atoms with Crippen molar-refractivity contribution >= 4 is 11.6 Å². The smallest absolute Gasteiger partial charge is 0.357 e. The molecule has 2 aromatic carbocycles. The molecule has 1 N–H and O–H groups in total. The zero-order valence-electron chi connectivity index (χ0n) is 23.7. The van der Waals surface area contributed by atoms with E-state index in [0.29, 0.717) is 30.5 Å². The number of hydrogen-bond donors (Lipinski definition) is 1. The standard InChI is InChI=1S/C32H37F4N3O/c1-30(2)16-17-31(3,4)26-19-24(13-14-25(26)30)39(28(29(40)37-5)22-9-11-23(33)12-10-22)18-6-7-21-8-15-27(38-20-21)32(34,35)36/h8-15,19-20,28H,6-7,16-18H2,1-5H3,(H,37,40)/t28-/m0/s1. The van der Waals surface area contributed by atoms with Gasteiger partial charge in [-0.05, 0) is 89.1 Å². The number of nitrogens with one attached hydrogen (secondary N) is 1. The first-order chi connectivity index (χ1) is 18.7. The molecule has 3 aromatic rings. The van der Waals surface area contributed by atoms with E-state index in [-0.39, 0.29) is 16.7 Å². The number of amides is 1. The number of likely N-dealkylation sites (N-methyl/N-ethyl adjacent to an activating group) is 1. The van der Waals surface area contributed by atoms with Crippen LogP contribution in [0.15, 0.2) is 60.8 Å². The van der Waals surface area contributed by atoms with Gasteiger partial charge in [-0.3, -0.25) is 9.78 Å².